The molecule has 0 heterocycles. The first-order valence-corrected chi connectivity index (χ1v) is 6.97. The number of benzene rings is 2. The summed E-state index contributed by atoms with van der Waals surface area (Å²) in [5.74, 6) is 0. The van der Waals surface area contributed by atoms with Crippen LogP contribution in [0.3, 0.4) is 0 Å². The Labute approximate surface area is 125 Å². The lowest BCUT2D eigenvalue weighted by atomic mass is 10.0. The van der Waals surface area contributed by atoms with Crippen molar-refractivity contribution in [3.63, 3.8) is 0 Å². The highest BCUT2D eigenvalue weighted by Crippen LogP contribution is 2.22. The molecule has 2 rings (SSSR count). The number of nitriles is 1. The molecule has 0 fully saturated rings. The Bertz CT molecular complexity index is 644. The Balaban J connectivity index is 2.06. The molecule has 3 heteroatoms. The van der Waals surface area contributed by atoms with E-state index in [1.807, 2.05) is 49.4 Å². The first-order valence-electron chi connectivity index (χ1n) is 6.59. The molecule has 2 aromatic carbocycles. The SMILES string of the molecule is Cc1cc(C#N)ccc1CN[C@H](C)c1ccccc1Cl. The molecule has 0 saturated heterocycles. The van der Waals surface area contributed by atoms with Crippen LogP contribution in [0, 0.1) is 18.3 Å². The smallest absolute Gasteiger partial charge is 0.0991 e. The van der Waals surface area contributed by atoms with Gasteiger partial charge in [0, 0.05) is 17.6 Å². The van der Waals surface area contributed by atoms with Gasteiger partial charge in [0.2, 0.25) is 0 Å². The van der Waals surface area contributed by atoms with Gasteiger partial charge in [0.15, 0.2) is 0 Å². The van der Waals surface area contributed by atoms with E-state index in [2.05, 4.69) is 18.3 Å². The third-order valence-electron chi connectivity index (χ3n) is 3.44. The van der Waals surface area contributed by atoms with Crippen LogP contribution in [-0.4, -0.2) is 0 Å². The fraction of sp³-hybridized carbons (Fsp3) is 0.235. The third-order valence-corrected chi connectivity index (χ3v) is 3.79. The maximum Gasteiger partial charge on any atom is 0.0991 e. The van der Waals surface area contributed by atoms with Crippen molar-refractivity contribution < 1.29 is 0 Å². The molecule has 0 saturated carbocycles. The molecule has 0 aliphatic heterocycles. The predicted octanol–water partition coefficient (Wildman–Crippen LogP) is 4.37. The fourth-order valence-corrected chi connectivity index (χ4v) is 2.46. The van der Waals surface area contributed by atoms with Gasteiger partial charge in [0.1, 0.15) is 0 Å². The molecule has 0 bridgehead atoms. The number of nitrogens with one attached hydrogen (secondary N) is 1. The largest absolute Gasteiger partial charge is 0.306 e. The van der Waals surface area contributed by atoms with Gasteiger partial charge in [0.05, 0.1) is 11.6 Å². The second kappa shape index (κ2) is 6.56. The van der Waals surface area contributed by atoms with Crippen LogP contribution in [0.5, 0.6) is 0 Å². The molecule has 2 aromatic rings. The number of aryl methyl sites for hydroxylation is 1. The van der Waals surface area contributed by atoms with Crippen molar-refractivity contribution in [1.29, 1.82) is 5.26 Å². The first kappa shape index (κ1) is 14.6. The summed E-state index contributed by atoms with van der Waals surface area (Å²) >= 11 is 6.20. The molecule has 0 aliphatic carbocycles. The molecule has 1 atom stereocenters. The number of halogens is 1. The van der Waals surface area contributed by atoms with Crippen LogP contribution in [0.2, 0.25) is 5.02 Å². The molecular formula is C17H17ClN2. The quantitative estimate of drug-likeness (QED) is 0.905. The van der Waals surface area contributed by atoms with Gasteiger partial charge >= 0.3 is 0 Å². The third kappa shape index (κ3) is 3.39. The Morgan fingerprint density at radius 2 is 2.00 bits per heavy atom. The van der Waals surface area contributed by atoms with Crippen LogP contribution in [0.25, 0.3) is 0 Å². The summed E-state index contributed by atoms with van der Waals surface area (Å²) in [4.78, 5) is 0. The van der Waals surface area contributed by atoms with Gasteiger partial charge in [-0.15, -0.1) is 0 Å². The topological polar surface area (TPSA) is 35.8 Å². The maximum absolute atomic E-state index is 8.87. The first-order chi connectivity index (χ1) is 9.61. The van der Waals surface area contributed by atoms with Crippen molar-refractivity contribution in [1.82, 2.24) is 5.32 Å². The zero-order valence-corrected chi connectivity index (χ0v) is 12.4. The van der Waals surface area contributed by atoms with Crippen LogP contribution in [0.15, 0.2) is 42.5 Å². The normalized spacial score (nSPS) is 11.9. The van der Waals surface area contributed by atoms with Gasteiger partial charge in [-0.25, -0.2) is 0 Å². The molecule has 0 unspecified atom stereocenters. The average Bonchev–Trinajstić information content (AvgIpc) is 2.46. The van der Waals surface area contributed by atoms with E-state index in [0.29, 0.717) is 5.56 Å². The van der Waals surface area contributed by atoms with Crippen molar-refractivity contribution in [3.05, 3.63) is 69.7 Å². The van der Waals surface area contributed by atoms with Crippen LogP contribution < -0.4 is 5.32 Å². The van der Waals surface area contributed by atoms with E-state index in [4.69, 9.17) is 16.9 Å². The fourth-order valence-electron chi connectivity index (χ4n) is 2.16. The highest BCUT2D eigenvalue weighted by molar-refractivity contribution is 6.31. The van der Waals surface area contributed by atoms with Crippen LogP contribution >= 0.6 is 11.6 Å². The van der Waals surface area contributed by atoms with Gasteiger partial charge in [-0.3, -0.25) is 0 Å². The number of hydrogen-bond acceptors (Lipinski definition) is 2. The molecule has 2 nitrogen and oxygen atoms in total. The van der Waals surface area contributed by atoms with E-state index in [9.17, 15) is 0 Å². The summed E-state index contributed by atoms with van der Waals surface area (Å²) in [6, 6.07) is 16.0. The highest BCUT2D eigenvalue weighted by Gasteiger charge is 2.09. The molecule has 102 valence electrons. The summed E-state index contributed by atoms with van der Waals surface area (Å²) in [6.45, 7) is 4.88. The van der Waals surface area contributed by atoms with Crippen LogP contribution in [0.1, 0.15) is 35.2 Å². The molecule has 0 spiro atoms. The lowest BCUT2D eigenvalue weighted by Crippen LogP contribution is -2.19. The zero-order chi connectivity index (χ0) is 14.5. The Hall–Kier alpha value is -1.82. The lowest BCUT2D eigenvalue weighted by molar-refractivity contribution is 0.573. The maximum atomic E-state index is 8.87. The van der Waals surface area contributed by atoms with Gasteiger partial charge in [-0.05, 0) is 48.7 Å². The summed E-state index contributed by atoms with van der Waals surface area (Å²) in [5.41, 5.74) is 4.12. The van der Waals surface area contributed by atoms with Gasteiger partial charge < -0.3 is 5.32 Å². The molecule has 0 radical (unpaired) electrons. The van der Waals surface area contributed by atoms with Gasteiger partial charge in [-0.1, -0.05) is 35.9 Å². The number of nitrogens with zero attached hydrogens (tertiary/aromatic N) is 1. The minimum atomic E-state index is 0.179. The molecule has 0 amide bonds. The second-order valence-electron chi connectivity index (χ2n) is 4.88. The van der Waals surface area contributed by atoms with Crippen molar-refractivity contribution in [2.45, 2.75) is 26.4 Å². The van der Waals surface area contributed by atoms with Crippen molar-refractivity contribution in [3.8, 4) is 6.07 Å². The highest BCUT2D eigenvalue weighted by atomic mass is 35.5. The van der Waals surface area contributed by atoms with Crippen molar-refractivity contribution in [2.75, 3.05) is 0 Å². The minimum Gasteiger partial charge on any atom is -0.306 e. The van der Waals surface area contributed by atoms with Crippen molar-refractivity contribution >= 4 is 11.6 Å². The summed E-state index contributed by atoms with van der Waals surface area (Å²) in [6.07, 6.45) is 0. The van der Waals surface area contributed by atoms with E-state index >= 15 is 0 Å². The Morgan fingerprint density at radius 1 is 1.25 bits per heavy atom. The molecule has 20 heavy (non-hydrogen) atoms. The second-order valence-corrected chi connectivity index (χ2v) is 5.28. The number of rotatable bonds is 4. The molecular weight excluding hydrogens is 268 g/mol. The van der Waals surface area contributed by atoms with E-state index in [1.165, 1.54) is 5.56 Å². The minimum absolute atomic E-state index is 0.179. The lowest BCUT2D eigenvalue weighted by Gasteiger charge is -2.16. The summed E-state index contributed by atoms with van der Waals surface area (Å²) < 4.78 is 0. The van der Waals surface area contributed by atoms with E-state index in [0.717, 1.165) is 22.7 Å². The predicted molar refractivity (Wildman–Crippen MR) is 82.6 cm³/mol. The van der Waals surface area contributed by atoms with Crippen LogP contribution in [0.4, 0.5) is 0 Å². The van der Waals surface area contributed by atoms with Crippen LogP contribution in [-0.2, 0) is 6.54 Å². The summed E-state index contributed by atoms with van der Waals surface area (Å²) in [5, 5.41) is 13.1. The standard InChI is InChI=1S/C17H17ClN2/c1-12-9-14(10-19)7-8-15(12)11-20-13(2)16-5-3-4-6-17(16)18/h3-9,13,20H,11H2,1-2H3/t13-/m1/s1. The van der Waals surface area contributed by atoms with E-state index in [-0.39, 0.29) is 6.04 Å². The van der Waals surface area contributed by atoms with Gasteiger partial charge in [-0.2, -0.15) is 5.26 Å². The van der Waals surface area contributed by atoms with Gasteiger partial charge in [0.25, 0.3) is 0 Å². The average molecular weight is 285 g/mol. The zero-order valence-electron chi connectivity index (χ0n) is 11.7. The van der Waals surface area contributed by atoms with E-state index in [1.54, 1.807) is 0 Å². The Morgan fingerprint density at radius 3 is 2.65 bits per heavy atom. The Kier molecular flexibility index (Phi) is 4.79. The van der Waals surface area contributed by atoms with Crippen molar-refractivity contribution in [2.24, 2.45) is 0 Å². The molecule has 0 aromatic heterocycles. The summed E-state index contributed by atoms with van der Waals surface area (Å²) in [7, 11) is 0. The monoisotopic (exact) mass is 284 g/mol. The van der Waals surface area contributed by atoms with E-state index < -0.39 is 0 Å². The molecule has 0 aliphatic rings. The number of hydrogen-bond donors (Lipinski definition) is 1. The molecule has 1 N–H and O–H groups in total.